The third-order valence-corrected chi connectivity index (χ3v) is 7.72. The summed E-state index contributed by atoms with van der Waals surface area (Å²) < 4.78 is 32.7. The maximum Gasteiger partial charge on any atom is 0.414 e. The lowest BCUT2D eigenvalue weighted by atomic mass is 10.2. The predicted octanol–water partition coefficient (Wildman–Crippen LogP) is 3.92. The molecule has 1 fully saturated rings. The highest BCUT2D eigenvalue weighted by Crippen LogP contribution is 2.29. The minimum Gasteiger partial charge on any atom is -0.443 e. The molecule has 140 valence electrons. The van der Waals surface area contributed by atoms with Crippen molar-refractivity contribution in [1.82, 2.24) is 4.72 Å². The van der Waals surface area contributed by atoms with Gasteiger partial charge in [-0.1, -0.05) is 30.1 Å². The molecular weight excluding hydrogens is 419 g/mol. The van der Waals surface area contributed by atoms with E-state index in [2.05, 4.69) is 4.72 Å². The number of ether oxygens (including phenoxy) is 1. The number of carbonyl (C=O) groups is 1. The average Bonchev–Trinajstić information content (AvgIpc) is 3.23. The Morgan fingerprint density at radius 1 is 1.27 bits per heavy atom. The fraction of sp³-hybridized carbons (Fsp3) is 0.312. The Bertz CT molecular complexity index is 930. The first-order valence-corrected chi connectivity index (χ1v) is 10.9. The van der Waals surface area contributed by atoms with Crippen LogP contribution in [0.25, 0.3) is 0 Å². The van der Waals surface area contributed by atoms with Crippen LogP contribution in [-0.4, -0.2) is 33.7 Å². The molecule has 1 aliphatic rings. The minimum atomic E-state index is -3.63. The zero-order chi connectivity index (χ0) is 18.9. The van der Waals surface area contributed by atoms with E-state index in [0.29, 0.717) is 15.7 Å². The number of rotatable bonds is 6. The Morgan fingerprint density at radius 3 is 2.69 bits per heavy atom. The van der Waals surface area contributed by atoms with Crippen LogP contribution in [0.3, 0.4) is 0 Å². The summed E-state index contributed by atoms with van der Waals surface area (Å²) in [6, 6.07) is 8.18. The number of halogens is 2. The molecule has 10 heteroatoms. The van der Waals surface area contributed by atoms with Crippen LogP contribution in [0.2, 0.25) is 10.0 Å². The van der Waals surface area contributed by atoms with Crippen LogP contribution in [0, 0.1) is 0 Å². The standard InChI is InChI=1S/C16H16Cl2N2O4S2/c1-2-12-4-6-15(25-12)26(22,23)19-8-11-9-20(16(21)24-11)10-3-5-13(17)14(18)7-10/h3-7,11,19H,2,8-9H2,1H3/t11-/m0/s1. The van der Waals surface area contributed by atoms with Crippen molar-refractivity contribution >= 4 is 56.3 Å². The number of aryl methyl sites for hydroxylation is 1. The zero-order valence-electron chi connectivity index (χ0n) is 13.7. The van der Waals surface area contributed by atoms with Crippen molar-refractivity contribution in [1.29, 1.82) is 0 Å². The predicted molar refractivity (Wildman–Crippen MR) is 103 cm³/mol. The molecule has 2 aromatic rings. The molecule has 0 bridgehead atoms. The summed E-state index contributed by atoms with van der Waals surface area (Å²) in [7, 11) is -3.63. The first-order chi connectivity index (χ1) is 12.3. The monoisotopic (exact) mass is 434 g/mol. The summed E-state index contributed by atoms with van der Waals surface area (Å²) in [5, 5.41) is 0.709. The van der Waals surface area contributed by atoms with Gasteiger partial charge in [0.15, 0.2) is 0 Å². The lowest BCUT2D eigenvalue weighted by molar-refractivity contribution is 0.143. The van der Waals surface area contributed by atoms with Gasteiger partial charge < -0.3 is 4.74 Å². The number of amides is 1. The van der Waals surface area contributed by atoms with Gasteiger partial charge >= 0.3 is 6.09 Å². The third kappa shape index (κ3) is 4.15. The number of benzene rings is 1. The van der Waals surface area contributed by atoms with E-state index in [1.165, 1.54) is 16.2 Å². The van der Waals surface area contributed by atoms with Crippen LogP contribution in [0.5, 0.6) is 0 Å². The summed E-state index contributed by atoms with van der Waals surface area (Å²) in [6.07, 6.45) is -0.381. The fourth-order valence-corrected chi connectivity index (χ4v) is 5.16. The normalized spacial score (nSPS) is 17.6. The number of carbonyl (C=O) groups excluding carboxylic acids is 1. The molecule has 1 saturated heterocycles. The van der Waals surface area contributed by atoms with Crippen molar-refractivity contribution in [2.45, 2.75) is 23.7 Å². The Kier molecular flexibility index (Phi) is 5.78. The largest absolute Gasteiger partial charge is 0.443 e. The molecule has 26 heavy (non-hydrogen) atoms. The van der Waals surface area contributed by atoms with E-state index in [4.69, 9.17) is 27.9 Å². The van der Waals surface area contributed by atoms with Crippen LogP contribution in [0.1, 0.15) is 11.8 Å². The van der Waals surface area contributed by atoms with Gasteiger partial charge in [-0.25, -0.2) is 17.9 Å². The Hall–Kier alpha value is -1.32. The van der Waals surface area contributed by atoms with Gasteiger partial charge in [0.1, 0.15) is 10.3 Å². The Balaban J connectivity index is 1.64. The summed E-state index contributed by atoms with van der Waals surface area (Å²) in [5.74, 6) is 0. The summed E-state index contributed by atoms with van der Waals surface area (Å²) in [5.41, 5.74) is 0.542. The highest BCUT2D eigenvalue weighted by Gasteiger charge is 2.33. The quantitative estimate of drug-likeness (QED) is 0.747. The lowest BCUT2D eigenvalue weighted by Gasteiger charge is -2.13. The maximum absolute atomic E-state index is 12.3. The number of thiophene rings is 1. The van der Waals surface area contributed by atoms with Crippen LogP contribution in [-0.2, 0) is 21.2 Å². The smallest absolute Gasteiger partial charge is 0.414 e. The first-order valence-electron chi connectivity index (χ1n) is 7.81. The van der Waals surface area contributed by atoms with E-state index in [9.17, 15) is 13.2 Å². The van der Waals surface area contributed by atoms with Gasteiger partial charge in [-0.2, -0.15) is 0 Å². The highest BCUT2D eigenvalue weighted by atomic mass is 35.5. The van der Waals surface area contributed by atoms with Gasteiger partial charge in [0.2, 0.25) is 10.0 Å². The second kappa shape index (κ2) is 7.74. The summed E-state index contributed by atoms with van der Waals surface area (Å²) in [6.45, 7) is 2.17. The number of cyclic esters (lactones) is 1. The van der Waals surface area contributed by atoms with E-state index in [0.717, 1.165) is 11.3 Å². The van der Waals surface area contributed by atoms with E-state index < -0.39 is 22.2 Å². The van der Waals surface area contributed by atoms with Crippen molar-refractivity contribution in [2.24, 2.45) is 0 Å². The molecule has 0 radical (unpaired) electrons. The third-order valence-electron chi connectivity index (χ3n) is 3.84. The van der Waals surface area contributed by atoms with Crippen molar-refractivity contribution < 1.29 is 17.9 Å². The van der Waals surface area contributed by atoms with E-state index in [1.807, 2.05) is 6.92 Å². The van der Waals surface area contributed by atoms with Crippen molar-refractivity contribution in [3.8, 4) is 0 Å². The number of hydrogen-bond acceptors (Lipinski definition) is 5. The molecule has 0 saturated carbocycles. The SMILES string of the molecule is CCc1ccc(S(=O)(=O)NC[C@H]2CN(c3ccc(Cl)c(Cl)c3)C(=O)O2)s1. The van der Waals surface area contributed by atoms with Crippen molar-refractivity contribution in [2.75, 3.05) is 18.0 Å². The molecule has 1 amide bonds. The summed E-state index contributed by atoms with van der Waals surface area (Å²) in [4.78, 5) is 14.5. The van der Waals surface area contributed by atoms with Crippen LogP contribution in [0.4, 0.5) is 10.5 Å². The first kappa shape index (κ1) is 19.4. The van der Waals surface area contributed by atoms with Gasteiger partial charge in [-0.05, 0) is 36.8 Å². The number of hydrogen-bond donors (Lipinski definition) is 1. The van der Waals surface area contributed by atoms with Crippen LogP contribution < -0.4 is 9.62 Å². The van der Waals surface area contributed by atoms with Crippen molar-refractivity contribution in [3.05, 3.63) is 45.3 Å². The van der Waals surface area contributed by atoms with Gasteiger partial charge in [0, 0.05) is 17.1 Å². The molecule has 0 spiro atoms. The molecule has 0 aliphatic carbocycles. The molecule has 0 unspecified atom stereocenters. The second-order valence-corrected chi connectivity index (χ2v) is 9.62. The molecule has 1 N–H and O–H groups in total. The molecule has 1 aromatic carbocycles. The number of nitrogens with one attached hydrogen (secondary N) is 1. The Morgan fingerprint density at radius 2 is 2.04 bits per heavy atom. The Labute approximate surface area is 165 Å². The maximum atomic E-state index is 12.3. The van der Waals surface area contributed by atoms with Gasteiger partial charge in [0.05, 0.1) is 16.6 Å². The molecular formula is C16H16Cl2N2O4S2. The lowest BCUT2D eigenvalue weighted by Crippen LogP contribution is -2.34. The van der Waals surface area contributed by atoms with Crippen molar-refractivity contribution in [3.63, 3.8) is 0 Å². The molecule has 2 heterocycles. The van der Waals surface area contributed by atoms with E-state index >= 15 is 0 Å². The van der Waals surface area contributed by atoms with Crippen LogP contribution >= 0.6 is 34.5 Å². The van der Waals surface area contributed by atoms with Gasteiger partial charge in [-0.15, -0.1) is 11.3 Å². The second-order valence-electron chi connectivity index (χ2n) is 5.64. The van der Waals surface area contributed by atoms with E-state index in [-0.39, 0.29) is 17.3 Å². The van der Waals surface area contributed by atoms with Crippen LogP contribution in [0.15, 0.2) is 34.5 Å². The number of sulfonamides is 1. The fourth-order valence-electron chi connectivity index (χ4n) is 2.46. The van der Waals surface area contributed by atoms with Gasteiger partial charge in [-0.3, -0.25) is 4.90 Å². The highest BCUT2D eigenvalue weighted by molar-refractivity contribution is 7.91. The zero-order valence-corrected chi connectivity index (χ0v) is 16.9. The summed E-state index contributed by atoms with van der Waals surface area (Å²) >= 11 is 13.1. The average molecular weight is 435 g/mol. The molecule has 1 aliphatic heterocycles. The number of nitrogens with zero attached hydrogens (tertiary/aromatic N) is 1. The van der Waals surface area contributed by atoms with E-state index in [1.54, 1.807) is 30.3 Å². The minimum absolute atomic E-state index is 0.00868. The number of anilines is 1. The topological polar surface area (TPSA) is 75.7 Å². The molecule has 1 aromatic heterocycles. The molecule has 3 rings (SSSR count). The molecule has 6 nitrogen and oxygen atoms in total. The molecule has 1 atom stereocenters. The van der Waals surface area contributed by atoms with Gasteiger partial charge in [0.25, 0.3) is 0 Å².